The molecular formula is C19H21NO. The molecule has 0 amide bonds. The number of nitrogens with one attached hydrogen (secondary N) is 1. The first-order valence-corrected chi connectivity index (χ1v) is 7.65. The largest absolute Gasteiger partial charge is 0.317 e. The van der Waals surface area contributed by atoms with Crippen molar-refractivity contribution in [3.63, 3.8) is 0 Å². The van der Waals surface area contributed by atoms with E-state index in [1.54, 1.807) is 0 Å². The van der Waals surface area contributed by atoms with Gasteiger partial charge in [-0.05, 0) is 37.9 Å². The van der Waals surface area contributed by atoms with Gasteiger partial charge in [0.15, 0.2) is 5.78 Å². The van der Waals surface area contributed by atoms with E-state index < -0.39 is 0 Å². The third-order valence-corrected chi connectivity index (χ3v) is 4.46. The Balaban J connectivity index is 1.91. The predicted molar refractivity (Wildman–Crippen MR) is 85.5 cm³/mol. The van der Waals surface area contributed by atoms with Crippen LogP contribution in [0.3, 0.4) is 0 Å². The van der Waals surface area contributed by atoms with Crippen LogP contribution in [-0.2, 0) is 6.42 Å². The quantitative estimate of drug-likeness (QED) is 0.868. The van der Waals surface area contributed by atoms with Gasteiger partial charge in [0.05, 0.1) is 0 Å². The number of ketones is 1. The number of rotatable bonds is 4. The average Bonchev–Trinajstić information content (AvgIpc) is 2.57. The monoisotopic (exact) mass is 279 g/mol. The molecule has 108 valence electrons. The molecule has 1 saturated heterocycles. The van der Waals surface area contributed by atoms with Crippen molar-refractivity contribution >= 4 is 5.78 Å². The lowest BCUT2D eigenvalue weighted by Crippen LogP contribution is -2.43. The maximum Gasteiger partial charge on any atom is 0.169 e. The standard InChI is InChI=1S/C19H21NO/c21-18(17-9-5-2-6-10-17)19(11-13-20-14-12-19)15-16-7-3-1-4-8-16/h1-10,20H,11-15H2. The first-order valence-electron chi connectivity index (χ1n) is 7.65. The first kappa shape index (κ1) is 14.0. The van der Waals surface area contributed by atoms with Crippen molar-refractivity contribution in [1.29, 1.82) is 0 Å². The Morgan fingerprint density at radius 1 is 0.905 bits per heavy atom. The van der Waals surface area contributed by atoms with E-state index in [2.05, 4.69) is 29.6 Å². The Morgan fingerprint density at radius 2 is 1.48 bits per heavy atom. The summed E-state index contributed by atoms with van der Waals surface area (Å²) in [5.74, 6) is 0.299. The van der Waals surface area contributed by atoms with Crippen LogP contribution in [0, 0.1) is 5.41 Å². The zero-order chi connectivity index (χ0) is 14.5. The van der Waals surface area contributed by atoms with E-state index >= 15 is 0 Å². The van der Waals surface area contributed by atoms with Gasteiger partial charge >= 0.3 is 0 Å². The van der Waals surface area contributed by atoms with Crippen LogP contribution in [0.1, 0.15) is 28.8 Å². The fourth-order valence-corrected chi connectivity index (χ4v) is 3.27. The second-order valence-electron chi connectivity index (χ2n) is 5.89. The van der Waals surface area contributed by atoms with Gasteiger partial charge in [0.1, 0.15) is 0 Å². The summed E-state index contributed by atoms with van der Waals surface area (Å²) in [5, 5.41) is 3.38. The molecule has 0 bridgehead atoms. The van der Waals surface area contributed by atoms with Gasteiger partial charge in [0.25, 0.3) is 0 Å². The maximum atomic E-state index is 13.1. The van der Waals surface area contributed by atoms with Crippen LogP contribution in [0.25, 0.3) is 0 Å². The van der Waals surface area contributed by atoms with Gasteiger partial charge < -0.3 is 5.32 Å². The number of hydrogen-bond donors (Lipinski definition) is 1. The lowest BCUT2D eigenvalue weighted by molar-refractivity contribution is 0.0726. The topological polar surface area (TPSA) is 29.1 Å². The van der Waals surface area contributed by atoms with Gasteiger partial charge in [0.2, 0.25) is 0 Å². The van der Waals surface area contributed by atoms with Gasteiger partial charge in [-0.25, -0.2) is 0 Å². The highest BCUT2D eigenvalue weighted by Crippen LogP contribution is 2.36. The van der Waals surface area contributed by atoms with E-state index in [0.717, 1.165) is 37.9 Å². The fourth-order valence-electron chi connectivity index (χ4n) is 3.27. The van der Waals surface area contributed by atoms with Crippen molar-refractivity contribution in [3.8, 4) is 0 Å². The minimum Gasteiger partial charge on any atom is -0.317 e. The smallest absolute Gasteiger partial charge is 0.169 e. The van der Waals surface area contributed by atoms with Crippen LogP contribution in [0.5, 0.6) is 0 Å². The Bertz CT molecular complexity index is 585. The van der Waals surface area contributed by atoms with Gasteiger partial charge in [-0.3, -0.25) is 4.79 Å². The minimum atomic E-state index is -0.256. The molecular weight excluding hydrogens is 258 g/mol. The summed E-state index contributed by atoms with van der Waals surface area (Å²) in [7, 11) is 0. The van der Waals surface area contributed by atoms with E-state index in [1.165, 1.54) is 5.56 Å². The van der Waals surface area contributed by atoms with Crippen LogP contribution >= 0.6 is 0 Å². The molecule has 0 atom stereocenters. The summed E-state index contributed by atoms with van der Waals surface area (Å²) in [5.41, 5.74) is 1.84. The number of carbonyl (C=O) groups excluding carboxylic acids is 1. The molecule has 0 aromatic heterocycles. The van der Waals surface area contributed by atoms with Gasteiger partial charge in [-0.2, -0.15) is 0 Å². The first-order chi connectivity index (χ1) is 10.3. The number of benzene rings is 2. The highest BCUT2D eigenvalue weighted by atomic mass is 16.1. The Morgan fingerprint density at radius 3 is 2.10 bits per heavy atom. The second kappa shape index (κ2) is 6.23. The molecule has 2 heteroatoms. The zero-order valence-corrected chi connectivity index (χ0v) is 12.2. The van der Waals surface area contributed by atoms with E-state index in [9.17, 15) is 4.79 Å². The summed E-state index contributed by atoms with van der Waals surface area (Å²) in [6, 6.07) is 20.1. The Labute approximate surface area is 126 Å². The summed E-state index contributed by atoms with van der Waals surface area (Å²) in [6.45, 7) is 1.84. The highest BCUT2D eigenvalue weighted by Gasteiger charge is 2.39. The van der Waals surface area contributed by atoms with Crippen LogP contribution in [0.2, 0.25) is 0 Å². The van der Waals surface area contributed by atoms with Gasteiger partial charge in [-0.15, -0.1) is 0 Å². The molecule has 1 fully saturated rings. The lowest BCUT2D eigenvalue weighted by atomic mass is 9.69. The SMILES string of the molecule is O=C(c1ccccc1)C1(Cc2ccccc2)CCNCC1. The molecule has 2 aromatic carbocycles. The van der Waals surface area contributed by atoms with E-state index in [-0.39, 0.29) is 5.41 Å². The van der Waals surface area contributed by atoms with E-state index in [1.807, 2.05) is 36.4 Å². The minimum absolute atomic E-state index is 0.256. The molecule has 1 N–H and O–H groups in total. The maximum absolute atomic E-state index is 13.1. The second-order valence-corrected chi connectivity index (χ2v) is 5.89. The Hall–Kier alpha value is -1.93. The third kappa shape index (κ3) is 3.06. The predicted octanol–water partition coefficient (Wildman–Crippen LogP) is 3.48. The van der Waals surface area contributed by atoms with Gasteiger partial charge in [-0.1, -0.05) is 60.7 Å². The molecule has 3 rings (SSSR count). The molecule has 0 radical (unpaired) electrons. The normalized spacial score (nSPS) is 17.3. The Kier molecular flexibility index (Phi) is 4.16. The fraction of sp³-hybridized carbons (Fsp3) is 0.316. The zero-order valence-electron chi connectivity index (χ0n) is 12.2. The molecule has 2 nitrogen and oxygen atoms in total. The summed E-state index contributed by atoms with van der Waals surface area (Å²) in [6.07, 6.45) is 2.66. The van der Waals surface area contributed by atoms with Gasteiger partial charge in [0, 0.05) is 11.0 Å². The van der Waals surface area contributed by atoms with E-state index in [4.69, 9.17) is 0 Å². The summed E-state index contributed by atoms with van der Waals surface area (Å²) < 4.78 is 0. The third-order valence-electron chi connectivity index (χ3n) is 4.46. The van der Waals surface area contributed by atoms with E-state index in [0.29, 0.717) is 5.78 Å². The number of carbonyl (C=O) groups is 1. The van der Waals surface area contributed by atoms with Crippen LogP contribution in [0.15, 0.2) is 60.7 Å². The van der Waals surface area contributed by atoms with Crippen LogP contribution in [0.4, 0.5) is 0 Å². The van der Waals surface area contributed by atoms with Crippen molar-refractivity contribution in [1.82, 2.24) is 5.32 Å². The van der Waals surface area contributed by atoms with Crippen molar-refractivity contribution in [2.24, 2.45) is 5.41 Å². The summed E-state index contributed by atoms with van der Waals surface area (Å²) >= 11 is 0. The number of Topliss-reactive ketones (excluding diaryl/α,β-unsaturated/α-hetero) is 1. The van der Waals surface area contributed by atoms with Crippen molar-refractivity contribution < 1.29 is 4.79 Å². The average molecular weight is 279 g/mol. The molecule has 0 spiro atoms. The summed E-state index contributed by atoms with van der Waals surface area (Å²) in [4.78, 5) is 13.1. The van der Waals surface area contributed by atoms with Crippen molar-refractivity contribution in [2.75, 3.05) is 13.1 Å². The van der Waals surface area contributed by atoms with Crippen molar-refractivity contribution in [3.05, 3.63) is 71.8 Å². The molecule has 1 aliphatic heterocycles. The molecule has 1 heterocycles. The highest BCUT2D eigenvalue weighted by molar-refractivity contribution is 6.00. The molecule has 1 aliphatic rings. The van der Waals surface area contributed by atoms with Crippen molar-refractivity contribution in [2.45, 2.75) is 19.3 Å². The van der Waals surface area contributed by atoms with Crippen LogP contribution < -0.4 is 5.32 Å². The molecule has 0 unspecified atom stereocenters. The molecule has 0 aliphatic carbocycles. The molecule has 2 aromatic rings. The molecule has 21 heavy (non-hydrogen) atoms. The molecule has 0 saturated carbocycles. The lowest BCUT2D eigenvalue weighted by Gasteiger charge is -2.36. The number of piperidine rings is 1. The van der Waals surface area contributed by atoms with Crippen LogP contribution in [-0.4, -0.2) is 18.9 Å². The number of hydrogen-bond acceptors (Lipinski definition) is 2.